The van der Waals surface area contributed by atoms with Crippen molar-refractivity contribution in [3.05, 3.63) is 108 Å². The van der Waals surface area contributed by atoms with Gasteiger partial charge in [0, 0.05) is 0 Å². The number of ether oxygens (including phenoxy) is 2. The van der Waals surface area contributed by atoms with Crippen molar-refractivity contribution >= 4 is 5.65 Å². The summed E-state index contributed by atoms with van der Waals surface area (Å²) in [5.74, 6) is 2.02. The summed E-state index contributed by atoms with van der Waals surface area (Å²) in [5.41, 5.74) is 5.55. The van der Waals surface area contributed by atoms with E-state index in [1.165, 1.54) is 0 Å². The number of rotatable bonds is 4. The number of aromatic hydroxyl groups is 1. The molecular weight excluding hydrogens is 480 g/mol. The summed E-state index contributed by atoms with van der Waals surface area (Å²) in [4.78, 5) is 9.49. The van der Waals surface area contributed by atoms with E-state index in [-0.39, 0.29) is 11.7 Å². The average molecular weight is 503 g/mol. The quantitative estimate of drug-likeness (QED) is 0.349. The lowest BCUT2D eigenvalue weighted by Gasteiger charge is -2.26. The summed E-state index contributed by atoms with van der Waals surface area (Å²) >= 11 is 0. The zero-order valence-electron chi connectivity index (χ0n) is 20.6. The summed E-state index contributed by atoms with van der Waals surface area (Å²) in [7, 11) is 1.65. The molecule has 3 aromatic heterocycles. The topological polar surface area (TPSA) is 99.6 Å². The predicted octanol–water partition coefficient (Wildman–Crippen LogP) is 5.29. The van der Waals surface area contributed by atoms with Gasteiger partial charge in [-0.1, -0.05) is 42.5 Å². The Morgan fingerprint density at radius 2 is 1.66 bits per heavy atom. The van der Waals surface area contributed by atoms with E-state index in [0.717, 1.165) is 33.8 Å². The maximum Gasteiger partial charge on any atom is 0.230 e. The smallest absolute Gasteiger partial charge is 0.230 e. The zero-order valence-corrected chi connectivity index (χ0v) is 20.6. The molecule has 0 aliphatic carbocycles. The molecule has 3 aromatic carbocycles. The van der Waals surface area contributed by atoms with Crippen LogP contribution in [0.1, 0.15) is 28.3 Å². The van der Waals surface area contributed by atoms with E-state index < -0.39 is 0 Å². The van der Waals surface area contributed by atoms with Crippen molar-refractivity contribution in [2.75, 3.05) is 7.11 Å². The highest BCUT2D eigenvalue weighted by molar-refractivity contribution is 5.70. The Morgan fingerprint density at radius 1 is 0.895 bits per heavy atom. The molecule has 7 rings (SSSR count). The van der Waals surface area contributed by atoms with Gasteiger partial charge in [-0.3, -0.25) is 0 Å². The molecule has 6 aromatic rings. The van der Waals surface area contributed by atoms with Gasteiger partial charge >= 0.3 is 0 Å². The van der Waals surface area contributed by atoms with E-state index in [0.29, 0.717) is 28.8 Å². The van der Waals surface area contributed by atoms with Crippen molar-refractivity contribution in [1.82, 2.24) is 29.4 Å². The lowest BCUT2D eigenvalue weighted by molar-refractivity contribution is 0.402. The van der Waals surface area contributed by atoms with Crippen LogP contribution >= 0.6 is 0 Å². The van der Waals surface area contributed by atoms with Gasteiger partial charge in [0.15, 0.2) is 11.5 Å². The molecule has 9 heteroatoms. The highest BCUT2D eigenvalue weighted by Gasteiger charge is 2.38. The number of nitrogens with zero attached hydrogens (tertiary/aromatic N) is 6. The van der Waals surface area contributed by atoms with Crippen LogP contribution in [-0.4, -0.2) is 41.6 Å². The standard InChI is InChI=1S/C29H22N6O3/c1-17-23-24(18-12-14-20(37-2)15-13-18)25-27-31-26(21-10-6-7-11-22(21)36)33-34(27)16-30-28(25)38-29(23)35(32-17)19-8-4-3-5-9-19/h3-16,24,36H,1-2H3. The van der Waals surface area contributed by atoms with Gasteiger partial charge in [-0.15, -0.1) is 5.10 Å². The molecule has 0 saturated heterocycles. The van der Waals surface area contributed by atoms with E-state index in [2.05, 4.69) is 10.1 Å². The molecule has 1 unspecified atom stereocenters. The van der Waals surface area contributed by atoms with Gasteiger partial charge in [-0.2, -0.15) is 5.10 Å². The Bertz CT molecular complexity index is 1810. The highest BCUT2D eigenvalue weighted by Crippen LogP contribution is 2.50. The summed E-state index contributed by atoms with van der Waals surface area (Å²) in [6, 6.07) is 24.8. The van der Waals surface area contributed by atoms with Gasteiger partial charge in [-0.25, -0.2) is 19.2 Å². The number of phenolic OH excluding ortho intramolecular Hbond substituents is 1. The molecular formula is C29H22N6O3. The maximum atomic E-state index is 10.4. The third-order valence-corrected chi connectivity index (χ3v) is 6.82. The second-order valence-corrected chi connectivity index (χ2v) is 9.04. The fourth-order valence-corrected chi connectivity index (χ4v) is 5.03. The minimum Gasteiger partial charge on any atom is -0.507 e. The first-order valence-corrected chi connectivity index (χ1v) is 12.1. The number of hydrogen-bond donors (Lipinski definition) is 1. The summed E-state index contributed by atoms with van der Waals surface area (Å²) in [5, 5.41) is 19.9. The number of benzene rings is 3. The average Bonchev–Trinajstić information content (AvgIpc) is 3.54. The number of aromatic nitrogens is 6. The number of para-hydroxylation sites is 2. The van der Waals surface area contributed by atoms with Gasteiger partial charge in [0.2, 0.25) is 11.8 Å². The Kier molecular flexibility index (Phi) is 4.90. The van der Waals surface area contributed by atoms with Gasteiger partial charge in [-0.05, 0) is 48.9 Å². The SMILES string of the molecule is COc1ccc(C2c3c(C)nn(-c4ccccc4)c3Oc3ncn4nc(-c5ccccc5O)nc4c32)cc1. The minimum absolute atomic E-state index is 0.107. The first-order chi connectivity index (χ1) is 18.6. The summed E-state index contributed by atoms with van der Waals surface area (Å²) in [6.45, 7) is 1.98. The number of fused-ring (bicyclic) bond motifs is 4. The van der Waals surface area contributed by atoms with Crippen molar-refractivity contribution in [3.8, 4) is 40.3 Å². The first-order valence-electron chi connectivity index (χ1n) is 12.1. The van der Waals surface area contributed by atoms with E-state index >= 15 is 0 Å². The van der Waals surface area contributed by atoms with Crippen LogP contribution < -0.4 is 9.47 Å². The second-order valence-electron chi connectivity index (χ2n) is 9.04. The molecule has 1 N–H and O–H groups in total. The number of methoxy groups -OCH3 is 1. The molecule has 0 fully saturated rings. The fraction of sp³-hybridized carbons (Fsp3) is 0.103. The Hall–Kier alpha value is -5.18. The normalized spacial score (nSPS) is 14.1. The molecule has 0 radical (unpaired) electrons. The molecule has 0 amide bonds. The van der Waals surface area contributed by atoms with Crippen LogP contribution in [0.5, 0.6) is 23.3 Å². The molecule has 1 atom stereocenters. The monoisotopic (exact) mass is 502 g/mol. The van der Waals surface area contributed by atoms with E-state index in [4.69, 9.17) is 19.6 Å². The van der Waals surface area contributed by atoms with Crippen LogP contribution in [0.15, 0.2) is 85.2 Å². The van der Waals surface area contributed by atoms with Gasteiger partial charge in [0.05, 0.1) is 41.1 Å². The van der Waals surface area contributed by atoms with E-state index in [9.17, 15) is 5.11 Å². The largest absolute Gasteiger partial charge is 0.507 e. The van der Waals surface area contributed by atoms with Crippen LogP contribution in [0, 0.1) is 6.92 Å². The van der Waals surface area contributed by atoms with Crippen LogP contribution in [0.2, 0.25) is 0 Å². The first kappa shape index (κ1) is 22.1. The number of aryl methyl sites for hydroxylation is 1. The lowest BCUT2D eigenvalue weighted by atomic mass is 9.84. The fourth-order valence-electron chi connectivity index (χ4n) is 5.03. The Labute approximate surface area is 217 Å². The molecule has 0 bridgehead atoms. The Morgan fingerprint density at radius 3 is 2.42 bits per heavy atom. The van der Waals surface area contributed by atoms with Crippen molar-refractivity contribution in [1.29, 1.82) is 0 Å². The van der Waals surface area contributed by atoms with E-state index in [1.54, 1.807) is 36.2 Å². The van der Waals surface area contributed by atoms with Crippen LogP contribution in [-0.2, 0) is 0 Å². The van der Waals surface area contributed by atoms with Crippen LogP contribution in [0.4, 0.5) is 0 Å². The summed E-state index contributed by atoms with van der Waals surface area (Å²) in [6.07, 6.45) is 1.58. The molecule has 4 heterocycles. The minimum atomic E-state index is -0.283. The molecule has 9 nitrogen and oxygen atoms in total. The molecule has 38 heavy (non-hydrogen) atoms. The highest BCUT2D eigenvalue weighted by atomic mass is 16.5. The van der Waals surface area contributed by atoms with Crippen molar-refractivity contribution in [2.45, 2.75) is 12.8 Å². The van der Waals surface area contributed by atoms with Gasteiger partial charge < -0.3 is 14.6 Å². The van der Waals surface area contributed by atoms with Crippen molar-refractivity contribution in [3.63, 3.8) is 0 Å². The van der Waals surface area contributed by atoms with E-state index in [1.807, 2.05) is 72.3 Å². The maximum absolute atomic E-state index is 10.4. The third kappa shape index (κ3) is 3.32. The van der Waals surface area contributed by atoms with Crippen molar-refractivity contribution in [2.24, 2.45) is 0 Å². The second kappa shape index (κ2) is 8.45. The van der Waals surface area contributed by atoms with Gasteiger partial charge in [0.25, 0.3) is 0 Å². The number of phenols is 1. The van der Waals surface area contributed by atoms with Crippen molar-refractivity contribution < 1.29 is 14.6 Å². The molecule has 0 saturated carbocycles. The van der Waals surface area contributed by atoms with Gasteiger partial charge in [0.1, 0.15) is 17.8 Å². The lowest BCUT2D eigenvalue weighted by Crippen LogP contribution is -2.16. The Balaban J connectivity index is 1.49. The number of hydrogen-bond acceptors (Lipinski definition) is 7. The molecule has 1 aliphatic heterocycles. The predicted molar refractivity (Wildman–Crippen MR) is 140 cm³/mol. The van der Waals surface area contributed by atoms with Crippen LogP contribution in [0.3, 0.4) is 0 Å². The molecule has 1 aliphatic rings. The summed E-state index contributed by atoms with van der Waals surface area (Å²) < 4.78 is 15.3. The van der Waals surface area contributed by atoms with Crippen LogP contribution in [0.25, 0.3) is 22.7 Å². The zero-order chi connectivity index (χ0) is 25.8. The third-order valence-electron chi connectivity index (χ3n) is 6.82. The molecule has 0 spiro atoms. The molecule has 186 valence electrons.